The van der Waals surface area contributed by atoms with Gasteiger partial charge in [-0.1, -0.05) is 164 Å². The number of benzene rings is 9. The van der Waals surface area contributed by atoms with Crippen LogP contribution in [0.25, 0.3) is 109 Å². The van der Waals surface area contributed by atoms with E-state index in [9.17, 15) is 0 Å². The van der Waals surface area contributed by atoms with Crippen LogP contribution in [0, 0.1) is 0 Å². The van der Waals surface area contributed by atoms with Crippen molar-refractivity contribution in [1.82, 2.24) is 15.0 Å². The van der Waals surface area contributed by atoms with Gasteiger partial charge in [0.15, 0.2) is 17.5 Å². The second-order valence-corrected chi connectivity index (χ2v) is 15.0. The number of thiophene rings is 1. The molecule has 4 heteroatoms. The third-order valence-corrected chi connectivity index (χ3v) is 11.9. The Hall–Kier alpha value is -7.01. The van der Waals surface area contributed by atoms with Gasteiger partial charge < -0.3 is 0 Å². The SMILES string of the molecule is c1ccc(-c2cccc(-c3nc(-c4c(-c5cc6ccccc6c6ccccc56)ccc5ccccc45)nc(-c4cccc5c4sc4ccccc45)n3)c2)cc1. The van der Waals surface area contributed by atoms with Gasteiger partial charge in [0.1, 0.15) is 0 Å². The van der Waals surface area contributed by atoms with E-state index in [0.29, 0.717) is 17.5 Å². The summed E-state index contributed by atoms with van der Waals surface area (Å²) in [5.41, 5.74) is 7.42. The highest BCUT2D eigenvalue weighted by molar-refractivity contribution is 7.26. The van der Waals surface area contributed by atoms with Gasteiger partial charge >= 0.3 is 0 Å². The second-order valence-electron chi connectivity index (χ2n) is 13.9. The number of hydrogen-bond donors (Lipinski definition) is 0. The van der Waals surface area contributed by atoms with Gasteiger partial charge in [0.05, 0.1) is 0 Å². The standard InChI is InChI=1S/C51H31N3S/c1-2-14-32(15-3-1)34-18-12-19-36(30-34)49-52-50(44-26-13-25-43-41-24-10-11-27-46(41)55-48(43)44)54-51(53-49)47-38-21-7-4-16-33(38)28-29-42(47)45-31-35-17-5-6-20-37(35)39-22-8-9-23-40(39)45/h1-31H. The van der Waals surface area contributed by atoms with Gasteiger partial charge in [-0.3, -0.25) is 0 Å². The summed E-state index contributed by atoms with van der Waals surface area (Å²) < 4.78 is 2.41. The molecule has 0 saturated heterocycles. The first kappa shape index (κ1) is 31.5. The summed E-state index contributed by atoms with van der Waals surface area (Å²) in [7, 11) is 0. The molecule has 11 aromatic rings. The summed E-state index contributed by atoms with van der Waals surface area (Å²) in [5, 5.41) is 9.53. The first-order valence-corrected chi connectivity index (χ1v) is 19.3. The molecule has 3 nitrogen and oxygen atoms in total. The number of hydrogen-bond acceptors (Lipinski definition) is 4. The van der Waals surface area contributed by atoms with Crippen molar-refractivity contribution in [2.24, 2.45) is 0 Å². The zero-order valence-electron chi connectivity index (χ0n) is 29.6. The average Bonchev–Trinajstić information content (AvgIpc) is 3.65. The molecule has 0 N–H and O–H groups in total. The van der Waals surface area contributed by atoms with E-state index in [2.05, 4.69) is 182 Å². The van der Waals surface area contributed by atoms with Crippen molar-refractivity contribution in [3.63, 3.8) is 0 Å². The minimum Gasteiger partial charge on any atom is -0.208 e. The Labute approximate surface area is 321 Å². The minimum atomic E-state index is 0.637. The quantitative estimate of drug-likeness (QED) is 0.166. The first-order valence-electron chi connectivity index (χ1n) is 18.5. The zero-order chi connectivity index (χ0) is 36.3. The molecule has 0 spiro atoms. The molecule has 256 valence electrons. The zero-order valence-corrected chi connectivity index (χ0v) is 30.5. The molecule has 0 unspecified atom stereocenters. The average molecular weight is 718 g/mol. The fourth-order valence-electron chi connectivity index (χ4n) is 8.14. The van der Waals surface area contributed by atoms with Gasteiger partial charge in [0.2, 0.25) is 0 Å². The highest BCUT2D eigenvalue weighted by atomic mass is 32.1. The number of aromatic nitrogens is 3. The van der Waals surface area contributed by atoms with Crippen LogP contribution in [-0.4, -0.2) is 15.0 Å². The summed E-state index contributed by atoms with van der Waals surface area (Å²) in [6, 6.07) is 66.9. The first-order chi connectivity index (χ1) is 27.3. The van der Waals surface area contributed by atoms with Crippen LogP contribution in [0.1, 0.15) is 0 Å². The van der Waals surface area contributed by atoms with E-state index in [0.717, 1.165) is 49.7 Å². The Morgan fingerprint density at radius 3 is 1.80 bits per heavy atom. The molecule has 0 aliphatic heterocycles. The molecule has 0 aliphatic rings. The van der Waals surface area contributed by atoms with E-state index in [1.54, 1.807) is 11.3 Å². The summed E-state index contributed by atoms with van der Waals surface area (Å²) >= 11 is 1.79. The number of fused-ring (bicyclic) bond motifs is 7. The second kappa shape index (κ2) is 12.8. The topological polar surface area (TPSA) is 38.7 Å². The largest absolute Gasteiger partial charge is 0.208 e. The van der Waals surface area contributed by atoms with Crippen LogP contribution in [0.3, 0.4) is 0 Å². The summed E-state index contributed by atoms with van der Waals surface area (Å²) in [5.74, 6) is 1.94. The van der Waals surface area contributed by atoms with Gasteiger partial charge in [-0.25, -0.2) is 15.0 Å². The highest BCUT2D eigenvalue weighted by Crippen LogP contribution is 2.44. The molecule has 0 fully saturated rings. The molecule has 0 aliphatic carbocycles. The van der Waals surface area contributed by atoms with Crippen molar-refractivity contribution in [1.29, 1.82) is 0 Å². The highest BCUT2D eigenvalue weighted by Gasteiger charge is 2.22. The van der Waals surface area contributed by atoms with Crippen LogP contribution < -0.4 is 0 Å². The predicted octanol–water partition coefficient (Wildman–Crippen LogP) is 14.0. The van der Waals surface area contributed by atoms with Crippen LogP contribution >= 0.6 is 11.3 Å². The smallest absolute Gasteiger partial charge is 0.165 e. The maximum Gasteiger partial charge on any atom is 0.165 e. The Morgan fingerprint density at radius 2 is 0.927 bits per heavy atom. The van der Waals surface area contributed by atoms with Gasteiger partial charge in [-0.15, -0.1) is 11.3 Å². The number of nitrogens with zero attached hydrogens (tertiary/aromatic N) is 3. The van der Waals surface area contributed by atoms with E-state index in [-0.39, 0.29) is 0 Å². The molecule has 9 aromatic carbocycles. The third kappa shape index (κ3) is 5.30. The summed E-state index contributed by atoms with van der Waals surface area (Å²) in [6.45, 7) is 0. The summed E-state index contributed by atoms with van der Waals surface area (Å²) in [4.78, 5) is 16.2. The van der Waals surface area contributed by atoms with Gasteiger partial charge in [-0.05, 0) is 78.8 Å². The number of rotatable bonds is 5. The Bertz CT molecular complexity index is 3270. The molecular formula is C51H31N3S. The van der Waals surface area contributed by atoms with Crippen molar-refractivity contribution in [2.45, 2.75) is 0 Å². The molecule has 0 atom stereocenters. The normalized spacial score (nSPS) is 11.6. The van der Waals surface area contributed by atoms with Gasteiger partial charge in [0, 0.05) is 36.9 Å². The van der Waals surface area contributed by atoms with Crippen LogP contribution in [0.4, 0.5) is 0 Å². The molecule has 0 radical (unpaired) electrons. The molecule has 0 amide bonds. The lowest BCUT2D eigenvalue weighted by molar-refractivity contribution is 1.08. The lowest BCUT2D eigenvalue weighted by atomic mass is 9.88. The maximum absolute atomic E-state index is 5.46. The van der Waals surface area contributed by atoms with Crippen molar-refractivity contribution in [3.05, 3.63) is 188 Å². The van der Waals surface area contributed by atoms with E-state index in [4.69, 9.17) is 15.0 Å². The van der Waals surface area contributed by atoms with E-state index >= 15 is 0 Å². The van der Waals surface area contributed by atoms with Crippen molar-refractivity contribution < 1.29 is 0 Å². The van der Waals surface area contributed by atoms with Crippen molar-refractivity contribution in [2.75, 3.05) is 0 Å². The van der Waals surface area contributed by atoms with Crippen LogP contribution in [0.15, 0.2) is 188 Å². The molecule has 0 bridgehead atoms. The van der Waals surface area contributed by atoms with E-state index < -0.39 is 0 Å². The molecule has 0 saturated carbocycles. The maximum atomic E-state index is 5.46. The molecule has 2 aromatic heterocycles. The monoisotopic (exact) mass is 717 g/mol. The molecule has 55 heavy (non-hydrogen) atoms. The lowest BCUT2D eigenvalue weighted by Gasteiger charge is -2.17. The van der Waals surface area contributed by atoms with E-state index in [1.165, 1.54) is 41.7 Å². The Morgan fingerprint density at radius 1 is 0.309 bits per heavy atom. The lowest BCUT2D eigenvalue weighted by Crippen LogP contribution is -2.02. The molecule has 2 heterocycles. The van der Waals surface area contributed by atoms with Crippen molar-refractivity contribution in [3.8, 4) is 56.4 Å². The Balaban J connectivity index is 1.23. The third-order valence-electron chi connectivity index (χ3n) is 10.7. The van der Waals surface area contributed by atoms with Crippen molar-refractivity contribution >= 4 is 63.8 Å². The molecular weight excluding hydrogens is 687 g/mol. The fraction of sp³-hybridized carbons (Fsp3) is 0. The minimum absolute atomic E-state index is 0.637. The summed E-state index contributed by atoms with van der Waals surface area (Å²) in [6.07, 6.45) is 0. The van der Waals surface area contributed by atoms with Gasteiger partial charge in [0.25, 0.3) is 0 Å². The van der Waals surface area contributed by atoms with Crippen LogP contribution in [0.2, 0.25) is 0 Å². The van der Waals surface area contributed by atoms with Gasteiger partial charge in [-0.2, -0.15) is 0 Å². The van der Waals surface area contributed by atoms with E-state index in [1.807, 2.05) is 6.07 Å². The predicted molar refractivity (Wildman–Crippen MR) is 232 cm³/mol. The Kier molecular flexibility index (Phi) is 7.35. The molecule has 11 rings (SSSR count). The fourth-order valence-corrected chi connectivity index (χ4v) is 9.35. The van der Waals surface area contributed by atoms with Crippen LogP contribution in [-0.2, 0) is 0 Å². The van der Waals surface area contributed by atoms with Crippen LogP contribution in [0.5, 0.6) is 0 Å².